The molecule has 1 aromatic carbocycles. The summed E-state index contributed by atoms with van der Waals surface area (Å²) in [6.07, 6.45) is 1.39. The molecule has 9 heteroatoms. The molecule has 0 atom stereocenters. The van der Waals surface area contributed by atoms with Crippen LogP contribution in [0.15, 0.2) is 40.1 Å². The van der Waals surface area contributed by atoms with Crippen LogP contribution in [-0.2, 0) is 5.75 Å². The Morgan fingerprint density at radius 2 is 2.04 bits per heavy atom. The standard InChI is InChI=1S/C14H9ClN6OS/c15-10-3-1-8(2-4-10)13-19-11(22-21-13)7-23-14-18-6-9(5-16)12(17)20-14/h1-4,6H,7H2,(H2,17,18,20). The van der Waals surface area contributed by atoms with E-state index >= 15 is 0 Å². The fourth-order valence-electron chi connectivity index (χ4n) is 1.69. The Bertz CT molecular complexity index is 874. The van der Waals surface area contributed by atoms with Gasteiger partial charge in [-0.1, -0.05) is 28.5 Å². The van der Waals surface area contributed by atoms with Gasteiger partial charge in [0.05, 0.1) is 11.9 Å². The number of anilines is 1. The molecule has 0 saturated carbocycles. The summed E-state index contributed by atoms with van der Waals surface area (Å²) >= 11 is 7.13. The predicted molar refractivity (Wildman–Crippen MR) is 85.5 cm³/mol. The van der Waals surface area contributed by atoms with E-state index in [1.165, 1.54) is 18.0 Å². The van der Waals surface area contributed by atoms with E-state index in [1.54, 1.807) is 12.1 Å². The number of nitriles is 1. The van der Waals surface area contributed by atoms with Gasteiger partial charge in [-0.25, -0.2) is 9.97 Å². The summed E-state index contributed by atoms with van der Waals surface area (Å²) in [5.74, 6) is 1.47. The topological polar surface area (TPSA) is 115 Å². The summed E-state index contributed by atoms with van der Waals surface area (Å²) in [5, 5.41) is 13.8. The van der Waals surface area contributed by atoms with E-state index in [1.807, 2.05) is 18.2 Å². The van der Waals surface area contributed by atoms with Crippen LogP contribution in [0, 0.1) is 11.3 Å². The van der Waals surface area contributed by atoms with Gasteiger partial charge in [0.2, 0.25) is 11.7 Å². The number of nitrogen functional groups attached to an aromatic ring is 1. The Hall–Kier alpha value is -2.63. The largest absolute Gasteiger partial charge is 0.382 e. The van der Waals surface area contributed by atoms with Crippen LogP contribution in [0.1, 0.15) is 11.5 Å². The molecule has 0 amide bonds. The molecule has 2 heterocycles. The van der Waals surface area contributed by atoms with E-state index < -0.39 is 0 Å². The lowest BCUT2D eigenvalue weighted by molar-refractivity contribution is 0.391. The third-order valence-corrected chi connectivity index (χ3v) is 3.91. The van der Waals surface area contributed by atoms with Crippen molar-refractivity contribution in [3.63, 3.8) is 0 Å². The van der Waals surface area contributed by atoms with E-state index in [0.717, 1.165) is 5.56 Å². The van der Waals surface area contributed by atoms with Crippen molar-refractivity contribution in [2.24, 2.45) is 0 Å². The summed E-state index contributed by atoms with van der Waals surface area (Å²) < 4.78 is 5.19. The second kappa shape index (κ2) is 6.64. The SMILES string of the molecule is N#Cc1cnc(SCc2nc(-c3ccc(Cl)cc3)no2)nc1N. The van der Waals surface area contributed by atoms with Gasteiger partial charge in [-0.05, 0) is 24.3 Å². The zero-order valence-corrected chi connectivity index (χ0v) is 13.2. The smallest absolute Gasteiger partial charge is 0.237 e. The molecule has 0 spiro atoms. The first-order chi connectivity index (χ1) is 11.2. The van der Waals surface area contributed by atoms with Crippen molar-refractivity contribution in [1.29, 1.82) is 5.26 Å². The normalized spacial score (nSPS) is 10.4. The highest BCUT2D eigenvalue weighted by atomic mass is 35.5. The zero-order chi connectivity index (χ0) is 16.2. The van der Waals surface area contributed by atoms with Gasteiger partial charge in [-0.3, -0.25) is 0 Å². The number of hydrogen-bond donors (Lipinski definition) is 1. The molecule has 23 heavy (non-hydrogen) atoms. The van der Waals surface area contributed by atoms with Gasteiger partial charge in [-0.15, -0.1) is 0 Å². The first-order valence-corrected chi connectivity index (χ1v) is 7.76. The number of nitrogens with zero attached hydrogens (tertiary/aromatic N) is 5. The van der Waals surface area contributed by atoms with E-state index in [9.17, 15) is 0 Å². The van der Waals surface area contributed by atoms with Crippen molar-refractivity contribution in [3.05, 3.63) is 46.9 Å². The molecular formula is C14H9ClN6OS. The summed E-state index contributed by atoms with van der Waals surface area (Å²) in [6.45, 7) is 0. The zero-order valence-electron chi connectivity index (χ0n) is 11.6. The maximum atomic E-state index is 8.79. The van der Waals surface area contributed by atoms with E-state index in [0.29, 0.717) is 27.6 Å². The van der Waals surface area contributed by atoms with E-state index in [2.05, 4.69) is 20.1 Å². The maximum absolute atomic E-state index is 8.79. The van der Waals surface area contributed by atoms with E-state index in [-0.39, 0.29) is 11.4 Å². The van der Waals surface area contributed by atoms with Crippen molar-refractivity contribution in [2.75, 3.05) is 5.73 Å². The van der Waals surface area contributed by atoms with Crippen molar-refractivity contribution >= 4 is 29.2 Å². The third kappa shape index (κ3) is 3.59. The van der Waals surface area contributed by atoms with Crippen LogP contribution < -0.4 is 5.73 Å². The van der Waals surface area contributed by atoms with Crippen LogP contribution in [0.2, 0.25) is 5.02 Å². The fraction of sp³-hybridized carbons (Fsp3) is 0.0714. The molecule has 3 rings (SSSR count). The Morgan fingerprint density at radius 1 is 1.26 bits per heavy atom. The number of hydrogen-bond acceptors (Lipinski definition) is 8. The van der Waals surface area contributed by atoms with Gasteiger partial charge >= 0.3 is 0 Å². The Labute approximate surface area is 140 Å². The van der Waals surface area contributed by atoms with E-state index in [4.69, 9.17) is 27.1 Å². The minimum atomic E-state index is 0.150. The molecule has 3 aromatic rings. The minimum absolute atomic E-state index is 0.150. The summed E-state index contributed by atoms with van der Waals surface area (Å²) in [7, 11) is 0. The van der Waals surface area contributed by atoms with Crippen LogP contribution in [0.25, 0.3) is 11.4 Å². The number of rotatable bonds is 4. The Kier molecular flexibility index (Phi) is 4.41. The molecule has 0 radical (unpaired) electrons. The average Bonchev–Trinajstić information content (AvgIpc) is 3.03. The van der Waals surface area contributed by atoms with Crippen LogP contribution in [0.4, 0.5) is 5.82 Å². The highest BCUT2D eigenvalue weighted by Crippen LogP contribution is 2.23. The van der Waals surface area contributed by atoms with Crippen molar-refractivity contribution in [2.45, 2.75) is 10.9 Å². The van der Waals surface area contributed by atoms with Crippen LogP contribution in [-0.4, -0.2) is 20.1 Å². The summed E-state index contributed by atoms with van der Waals surface area (Å²) in [5.41, 5.74) is 6.70. The van der Waals surface area contributed by atoms with Crippen LogP contribution in [0.3, 0.4) is 0 Å². The monoisotopic (exact) mass is 344 g/mol. The first-order valence-electron chi connectivity index (χ1n) is 6.39. The lowest BCUT2D eigenvalue weighted by atomic mass is 10.2. The summed E-state index contributed by atoms with van der Waals surface area (Å²) in [6, 6.07) is 9.06. The number of halogens is 1. The molecule has 0 unspecified atom stereocenters. The van der Waals surface area contributed by atoms with Gasteiger partial charge in [0.15, 0.2) is 5.16 Å². The van der Waals surface area contributed by atoms with Crippen LogP contribution in [0.5, 0.6) is 0 Å². The molecule has 0 bridgehead atoms. The molecule has 114 valence electrons. The minimum Gasteiger partial charge on any atom is -0.382 e. The second-order valence-electron chi connectivity index (χ2n) is 4.37. The highest BCUT2D eigenvalue weighted by molar-refractivity contribution is 7.98. The average molecular weight is 345 g/mol. The molecule has 0 aliphatic rings. The van der Waals surface area contributed by atoms with Gasteiger partial charge in [0.1, 0.15) is 17.5 Å². The predicted octanol–water partition coefficient (Wildman–Crippen LogP) is 2.93. The molecule has 0 saturated heterocycles. The Balaban J connectivity index is 1.69. The van der Waals surface area contributed by atoms with Gasteiger partial charge in [0, 0.05) is 10.6 Å². The number of nitrogens with two attached hydrogens (primary N) is 1. The quantitative estimate of drug-likeness (QED) is 0.567. The number of thioether (sulfide) groups is 1. The molecule has 0 fully saturated rings. The van der Waals surface area contributed by atoms with Crippen molar-refractivity contribution < 1.29 is 4.52 Å². The highest BCUT2D eigenvalue weighted by Gasteiger charge is 2.11. The van der Waals surface area contributed by atoms with Gasteiger partial charge in [0.25, 0.3) is 0 Å². The molecule has 2 N–H and O–H groups in total. The molecule has 2 aromatic heterocycles. The molecule has 7 nitrogen and oxygen atoms in total. The lowest BCUT2D eigenvalue weighted by Gasteiger charge is -1.99. The van der Waals surface area contributed by atoms with Crippen LogP contribution >= 0.6 is 23.4 Å². The van der Waals surface area contributed by atoms with Gasteiger partial charge in [-0.2, -0.15) is 10.2 Å². The second-order valence-corrected chi connectivity index (χ2v) is 5.75. The van der Waals surface area contributed by atoms with Crippen molar-refractivity contribution in [3.8, 4) is 17.5 Å². The molecule has 0 aliphatic heterocycles. The fourth-order valence-corrected chi connectivity index (χ4v) is 2.48. The number of benzene rings is 1. The number of aromatic nitrogens is 4. The molecule has 0 aliphatic carbocycles. The molecular weight excluding hydrogens is 336 g/mol. The van der Waals surface area contributed by atoms with Gasteiger partial charge < -0.3 is 10.3 Å². The maximum Gasteiger partial charge on any atom is 0.237 e. The third-order valence-electron chi connectivity index (χ3n) is 2.81. The Morgan fingerprint density at radius 3 is 2.74 bits per heavy atom. The lowest BCUT2D eigenvalue weighted by Crippen LogP contribution is -1.98. The van der Waals surface area contributed by atoms with Crippen molar-refractivity contribution in [1.82, 2.24) is 20.1 Å². The first kappa shape index (κ1) is 15.3. The summed E-state index contributed by atoms with van der Waals surface area (Å²) in [4.78, 5) is 12.4.